The van der Waals surface area contributed by atoms with E-state index in [2.05, 4.69) is 79.1 Å². The number of carbonyl (C=O) groups excluding carboxylic acids is 2. The van der Waals surface area contributed by atoms with Gasteiger partial charge in [-0.1, -0.05) is 145 Å². The summed E-state index contributed by atoms with van der Waals surface area (Å²) in [5.74, 6) is -0.968. The van der Waals surface area contributed by atoms with Crippen LogP contribution in [0.1, 0.15) is 181 Å². The summed E-state index contributed by atoms with van der Waals surface area (Å²) in [5, 5.41) is 18.3. The minimum atomic E-state index is -4.63. The van der Waals surface area contributed by atoms with Crippen molar-refractivity contribution in [2.45, 2.75) is 193 Å². The molecule has 0 spiro atoms. The number of ether oxygens (including phenoxy) is 2. The molecule has 10 nitrogen and oxygen atoms in total. The van der Waals surface area contributed by atoms with Crippen molar-refractivity contribution in [3.05, 3.63) is 60.8 Å². The van der Waals surface area contributed by atoms with Crippen LogP contribution in [-0.2, 0) is 32.7 Å². The second-order valence-corrected chi connectivity index (χ2v) is 16.2. The molecule has 0 heterocycles. The molecule has 11 heteroatoms. The molecule has 0 aliphatic heterocycles. The average Bonchev–Trinajstić information content (AvgIpc) is 3.20. The van der Waals surface area contributed by atoms with Crippen LogP contribution in [0.25, 0.3) is 0 Å². The van der Waals surface area contributed by atoms with Crippen LogP contribution in [0.2, 0.25) is 0 Å². The Kier molecular flexibility index (Phi) is 40.1. The zero-order valence-corrected chi connectivity index (χ0v) is 36.7. The van der Waals surface area contributed by atoms with Crippen molar-refractivity contribution < 1.29 is 47.8 Å². The molecular weight excluding hydrogens is 743 g/mol. The second kappa shape index (κ2) is 41.8. The summed E-state index contributed by atoms with van der Waals surface area (Å²) >= 11 is 0. The van der Waals surface area contributed by atoms with Gasteiger partial charge >= 0.3 is 19.8 Å². The predicted molar refractivity (Wildman–Crippen MR) is 233 cm³/mol. The zero-order chi connectivity index (χ0) is 41.9. The maximum atomic E-state index is 12.6. The van der Waals surface area contributed by atoms with E-state index in [4.69, 9.17) is 19.1 Å². The number of hydrogen-bond donors (Lipinski definition) is 3. The zero-order valence-electron chi connectivity index (χ0n) is 35.8. The molecule has 0 aliphatic rings. The van der Waals surface area contributed by atoms with Gasteiger partial charge in [0.25, 0.3) is 0 Å². The third kappa shape index (κ3) is 41.6. The molecule has 0 rings (SSSR count). The molecular formula is C46H81O10P. The molecule has 1 unspecified atom stereocenters. The molecule has 0 aromatic carbocycles. The Hall–Kier alpha value is -2.33. The van der Waals surface area contributed by atoms with Crippen molar-refractivity contribution in [3.63, 3.8) is 0 Å². The number of carbonyl (C=O) groups is 2. The van der Waals surface area contributed by atoms with Crippen LogP contribution < -0.4 is 0 Å². The van der Waals surface area contributed by atoms with Crippen molar-refractivity contribution in [2.24, 2.45) is 0 Å². The van der Waals surface area contributed by atoms with Crippen LogP contribution in [0.5, 0.6) is 0 Å². The summed E-state index contributed by atoms with van der Waals surface area (Å²) in [4.78, 5) is 35.0. The summed E-state index contributed by atoms with van der Waals surface area (Å²) in [5.41, 5.74) is 0. The van der Waals surface area contributed by atoms with E-state index in [0.29, 0.717) is 12.8 Å². The van der Waals surface area contributed by atoms with Gasteiger partial charge in [-0.25, -0.2) is 4.57 Å². The second-order valence-electron chi connectivity index (χ2n) is 14.7. The monoisotopic (exact) mass is 825 g/mol. The summed E-state index contributed by atoms with van der Waals surface area (Å²) in [6.07, 6.45) is 46.1. The largest absolute Gasteiger partial charge is 0.472 e. The van der Waals surface area contributed by atoms with Crippen molar-refractivity contribution in [2.75, 3.05) is 26.4 Å². The van der Waals surface area contributed by atoms with Gasteiger partial charge in [0.1, 0.15) is 12.7 Å². The summed E-state index contributed by atoms with van der Waals surface area (Å²) in [6.45, 7) is 2.29. The fraction of sp³-hybridized carbons (Fsp3) is 0.739. The Morgan fingerprint density at radius 2 is 0.912 bits per heavy atom. The molecule has 0 fully saturated rings. The Bertz CT molecular complexity index is 1130. The SMILES string of the molecule is CCCCCC=CCC=CCC=CCC=CCCCCCC(=O)O[C@H](COC(=O)CCCCCCCCCC=CCCCCCC)COP(=O)(O)OC[C@@H](O)CO. The third-order valence-corrected chi connectivity index (χ3v) is 10.1. The minimum Gasteiger partial charge on any atom is -0.462 e. The van der Waals surface area contributed by atoms with E-state index < -0.39 is 51.8 Å². The first-order chi connectivity index (χ1) is 27.7. The van der Waals surface area contributed by atoms with E-state index in [1.54, 1.807) is 0 Å². The molecule has 57 heavy (non-hydrogen) atoms. The molecule has 330 valence electrons. The molecule has 0 bridgehead atoms. The van der Waals surface area contributed by atoms with Crippen molar-refractivity contribution in [3.8, 4) is 0 Å². The topological polar surface area (TPSA) is 149 Å². The first-order valence-electron chi connectivity index (χ1n) is 22.2. The van der Waals surface area contributed by atoms with E-state index in [1.807, 2.05) is 0 Å². The maximum Gasteiger partial charge on any atom is 0.472 e. The molecule has 0 aromatic heterocycles. The van der Waals surface area contributed by atoms with Gasteiger partial charge in [0.2, 0.25) is 0 Å². The highest BCUT2D eigenvalue weighted by Crippen LogP contribution is 2.43. The first kappa shape index (κ1) is 54.7. The lowest BCUT2D eigenvalue weighted by molar-refractivity contribution is -0.161. The van der Waals surface area contributed by atoms with Gasteiger partial charge in [-0.2, -0.15) is 0 Å². The first-order valence-corrected chi connectivity index (χ1v) is 23.7. The minimum absolute atomic E-state index is 0.144. The van der Waals surface area contributed by atoms with Crippen LogP contribution in [-0.4, -0.2) is 65.7 Å². The van der Waals surface area contributed by atoms with Crippen LogP contribution in [0, 0.1) is 0 Å². The van der Waals surface area contributed by atoms with Gasteiger partial charge in [0.15, 0.2) is 6.10 Å². The van der Waals surface area contributed by atoms with Crippen LogP contribution in [0.3, 0.4) is 0 Å². The highest BCUT2D eigenvalue weighted by atomic mass is 31.2. The van der Waals surface area contributed by atoms with Gasteiger partial charge in [0.05, 0.1) is 19.8 Å². The lowest BCUT2D eigenvalue weighted by Gasteiger charge is -2.20. The van der Waals surface area contributed by atoms with E-state index in [0.717, 1.165) is 64.2 Å². The highest BCUT2D eigenvalue weighted by molar-refractivity contribution is 7.47. The number of phosphoric ester groups is 1. The van der Waals surface area contributed by atoms with Gasteiger partial charge in [-0.3, -0.25) is 18.6 Å². The number of aliphatic hydroxyl groups excluding tert-OH is 2. The normalized spacial score (nSPS) is 14.4. The van der Waals surface area contributed by atoms with Gasteiger partial charge in [-0.05, 0) is 83.5 Å². The maximum absolute atomic E-state index is 12.6. The molecule has 0 aromatic rings. The van der Waals surface area contributed by atoms with Crippen LogP contribution in [0.4, 0.5) is 0 Å². The number of aliphatic hydroxyl groups is 2. The van der Waals surface area contributed by atoms with Crippen molar-refractivity contribution in [1.29, 1.82) is 0 Å². The van der Waals surface area contributed by atoms with E-state index in [1.165, 1.54) is 77.0 Å². The van der Waals surface area contributed by atoms with Gasteiger partial charge < -0.3 is 24.6 Å². The van der Waals surface area contributed by atoms with Crippen molar-refractivity contribution >= 4 is 19.8 Å². The molecule has 3 atom stereocenters. The van der Waals surface area contributed by atoms with Gasteiger partial charge in [-0.15, -0.1) is 0 Å². The molecule has 0 saturated carbocycles. The molecule has 0 aliphatic carbocycles. The molecule has 0 amide bonds. The lowest BCUT2D eigenvalue weighted by atomic mass is 10.1. The quantitative estimate of drug-likeness (QED) is 0.0235. The van der Waals surface area contributed by atoms with E-state index in [-0.39, 0.29) is 19.4 Å². The number of phosphoric acid groups is 1. The summed E-state index contributed by atoms with van der Waals surface area (Å²) in [6, 6.07) is 0. The van der Waals surface area contributed by atoms with E-state index >= 15 is 0 Å². The predicted octanol–water partition coefficient (Wildman–Crippen LogP) is 11.9. The molecule has 0 radical (unpaired) electrons. The Morgan fingerprint density at radius 1 is 0.526 bits per heavy atom. The summed E-state index contributed by atoms with van der Waals surface area (Å²) < 4.78 is 32.7. The van der Waals surface area contributed by atoms with Crippen LogP contribution >= 0.6 is 7.82 Å². The Labute approximate surface area is 346 Å². The fourth-order valence-electron chi connectivity index (χ4n) is 5.68. The Balaban J connectivity index is 4.37. The third-order valence-electron chi connectivity index (χ3n) is 9.14. The summed E-state index contributed by atoms with van der Waals surface area (Å²) in [7, 11) is -4.63. The lowest BCUT2D eigenvalue weighted by Crippen LogP contribution is -2.29. The van der Waals surface area contributed by atoms with E-state index in [9.17, 15) is 24.2 Å². The fourth-order valence-corrected chi connectivity index (χ4v) is 6.47. The number of esters is 2. The Morgan fingerprint density at radius 3 is 1.44 bits per heavy atom. The number of hydrogen-bond acceptors (Lipinski definition) is 9. The number of rotatable bonds is 41. The standard InChI is InChI=1S/C46H81O10P/c1-3-5-7-9-11-13-15-17-19-20-21-22-24-26-28-30-32-34-36-38-46(50)56-44(42-55-57(51,52)54-40-43(48)39-47)41-53-45(49)37-35-33-31-29-27-25-23-18-16-14-12-10-8-6-4-2/h11,13-14,16-17,19,21-22,26,28,43-44,47-48H,3-10,12,15,18,20,23-25,27,29-42H2,1-2H3,(H,51,52)/t43-,44+/m0/s1. The van der Waals surface area contributed by atoms with Crippen LogP contribution in [0.15, 0.2) is 60.8 Å². The van der Waals surface area contributed by atoms with Gasteiger partial charge in [0, 0.05) is 12.8 Å². The highest BCUT2D eigenvalue weighted by Gasteiger charge is 2.27. The smallest absolute Gasteiger partial charge is 0.462 e. The number of unbranched alkanes of at least 4 members (excludes halogenated alkanes) is 17. The van der Waals surface area contributed by atoms with Crippen molar-refractivity contribution in [1.82, 2.24) is 0 Å². The average molecular weight is 825 g/mol. The number of allylic oxidation sites excluding steroid dienone is 10. The molecule has 0 saturated heterocycles. The molecule has 3 N–H and O–H groups in total.